The SMILES string of the molecule is CCC(C)N(CC)c1ccc(C(=N)N)cc1Cl. The fourth-order valence-corrected chi connectivity index (χ4v) is 2.14. The first-order valence-electron chi connectivity index (χ1n) is 5.91. The highest BCUT2D eigenvalue weighted by Crippen LogP contribution is 2.28. The number of nitrogens with two attached hydrogens (primary N) is 1. The monoisotopic (exact) mass is 253 g/mol. The van der Waals surface area contributed by atoms with Gasteiger partial charge in [-0.15, -0.1) is 0 Å². The summed E-state index contributed by atoms with van der Waals surface area (Å²) in [6.07, 6.45) is 1.07. The van der Waals surface area contributed by atoms with Gasteiger partial charge in [-0.05, 0) is 38.5 Å². The number of benzene rings is 1. The largest absolute Gasteiger partial charge is 0.384 e. The minimum atomic E-state index is 0.0463. The molecule has 1 aromatic carbocycles. The van der Waals surface area contributed by atoms with Crippen LogP contribution in [-0.4, -0.2) is 18.4 Å². The van der Waals surface area contributed by atoms with E-state index in [1.54, 1.807) is 6.07 Å². The van der Waals surface area contributed by atoms with Crippen LogP contribution in [0.1, 0.15) is 32.8 Å². The summed E-state index contributed by atoms with van der Waals surface area (Å²) >= 11 is 6.25. The van der Waals surface area contributed by atoms with Crippen LogP contribution >= 0.6 is 11.6 Å². The van der Waals surface area contributed by atoms with E-state index in [1.807, 2.05) is 12.1 Å². The molecule has 0 spiro atoms. The van der Waals surface area contributed by atoms with Crippen molar-refractivity contribution in [1.82, 2.24) is 0 Å². The molecule has 4 heteroatoms. The van der Waals surface area contributed by atoms with Crippen molar-refractivity contribution in [2.24, 2.45) is 5.73 Å². The summed E-state index contributed by atoms with van der Waals surface area (Å²) in [7, 11) is 0. The number of anilines is 1. The van der Waals surface area contributed by atoms with E-state index < -0.39 is 0 Å². The third-order valence-electron chi connectivity index (χ3n) is 3.03. The van der Waals surface area contributed by atoms with E-state index in [0.717, 1.165) is 18.7 Å². The van der Waals surface area contributed by atoms with Crippen LogP contribution in [0.15, 0.2) is 18.2 Å². The zero-order valence-corrected chi connectivity index (χ0v) is 11.4. The predicted molar refractivity (Wildman–Crippen MR) is 75.2 cm³/mol. The van der Waals surface area contributed by atoms with Crippen LogP contribution in [0.4, 0.5) is 5.69 Å². The Labute approximate surface area is 108 Å². The van der Waals surface area contributed by atoms with Crippen molar-refractivity contribution in [3.8, 4) is 0 Å². The van der Waals surface area contributed by atoms with Gasteiger partial charge < -0.3 is 10.6 Å². The molecule has 94 valence electrons. The van der Waals surface area contributed by atoms with Gasteiger partial charge >= 0.3 is 0 Å². The van der Waals surface area contributed by atoms with E-state index >= 15 is 0 Å². The lowest BCUT2D eigenvalue weighted by Gasteiger charge is -2.30. The Morgan fingerprint density at radius 1 is 1.47 bits per heavy atom. The minimum absolute atomic E-state index is 0.0463. The number of nitrogens with one attached hydrogen (secondary N) is 1. The second-order valence-electron chi connectivity index (χ2n) is 4.12. The van der Waals surface area contributed by atoms with Crippen LogP contribution in [0, 0.1) is 5.41 Å². The predicted octanol–water partition coefficient (Wildman–Crippen LogP) is 3.25. The summed E-state index contributed by atoms with van der Waals surface area (Å²) < 4.78 is 0. The Morgan fingerprint density at radius 2 is 2.12 bits per heavy atom. The van der Waals surface area contributed by atoms with Gasteiger partial charge in [0.15, 0.2) is 0 Å². The number of halogens is 1. The van der Waals surface area contributed by atoms with Crippen LogP contribution in [0.25, 0.3) is 0 Å². The zero-order chi connectivity index (χ0) is 13.0. The molecule has 1 rings (SSSR count). The number of amidine groups is 1. The van der Waals surface area contributed by atoms with E-state index in [2.05, 4.69) is 25.7 Å². The first-order chi connectivity index (χ1) is 8.01. The van der Waals surface area contributed by atoms with Crippen molar-refractivity contribution in [2.75, 3.05) is 11.4 Å². The van der Waals surface area contributed by atoms with Gasteiger partial charge in [0.2, 0.25) is 0 Å². The van der Waals surface area contributed by atoms with Gasteiger partial charge in [0.25, 0.3) is 0 Å². The lowest BCUT2D eigenvalue weighted by Crippen LogP contribution is -2.32. The van der Waals surface area contributed by atoms with Gasteiger partial charge in [0.05, 0.1) is 10.7 Å². The highest BCUT2D eigenvalue weighted by atomic mass is 35.5. The summed E-state index contributed by atoms with van der Waals surface area (Å²) in [6.45, 7) is 7.36. The van der Waals surface area contributed by atoms with Crippen molar-refractivity contribution in [2.45, 2.75) is 33.2 Å². The molecule has 1 aromatic rings. The molecular weight excluding hydrogens is 234 g/mol. The summed E-state index contributed by atoms with van der Waals surface area (Å²) in [4.78, 5) is 2.26. The smallest absolute Gasteiger partial charge is 0.122 e. The first-order valence-corrected chi connectivity index (χ1v) is 6.29. The summed E-state index contributed by atoms with van der Waals surface area (Å²) in [5, 5.41) is 8.03. The second-order valence-corrected chi connectivity index (χ2v) is 4.53. The van der Waals surface area contributed by atoms with Crippen LogP contribution in [0.5, 0.6) is 0 Å². The molecule has 0 saturated carbocycles. The average Bonchev–Trinajstić information content (AvgIpc) is 2.31. The van der Waals surface area contributed by atoms with E-state index in [0.29, 0.717) is 16.6 Å². The molecule has 0 aromatic heterocycles. The summed E-state index contributed by atoms with van der Waals surface area (Å²) in [5.41, 5.74) is 7.11. The summed E-state index contributed by atoms with van der Waals surface area (Å²) in [6, 6.07) is 5.98. The molecule has 0 amide bonds. The maximum atomic E-state index is 7.38. The fourth-order valence-electron chi connectivity index (χ4n) is 1.85. The van der Waals surface area contributed by atoms with E-state index in [4.69, 9.17) is 22.7 Å². The quantitative estimate of drug-likeness (QED) is 0.625. The highest BCUT2D eigenvalue weighted by Gasteiger charge is 2.14. The number of hydrogen-bond acceptors (Lipinski definition) is 2. The molecule has 0 aliphatic rings. The number of nitrogens with zero attached hydrogens (tertiary/aromatic N) is 1. The normalized spacial score (nSPS) is 12.2. The number of hydrogen-bond donors (Lipinski definition) is 2. The molecule has 0 heterocycles. The molecule has 0 aliphatic carbocycles. The molecule has 1 atom stereocenters. The van der Waals surface area contributed by atoms with Crippen molar-refractivity contribution in [3.05, 3.63) is 28.8 Å². The fraction of sp³-hybridized carbons (Fsp3) is 0.462. The van der Waals surface area contributed by atoms with Crippen LogP contribution in [-0.2, 0) is 0 Å². The van der Waals surface area contributed by atoms with E-state index in [-0.39, 0.29) is 5.84 Å². The third-order valence-corrected chi connectivity index (χ3v) is 3.33. The van der Waals surface area contributed by atoms with E-state index in [9.17, 15) is 0 Å². The van der Waals surface area contributed by atoms with Crippen LogP contribution < -0.4 is 10.6 Å². The van der Waals surface area contributed by atoms with Crippen molar-refractivity contribution < 1.29 is 0 Å². The van der Waals surface area contributed by atoms with Gasteiger partial charge in [-0.1, -0.05) is 18.5 Å². The molecule has 0 fully saturated rings. The van der Waals surface area contributed by atoms with Gasteiger partial charge in [0, 0.05) is 18.2 Å². The topological polar surface area (TPSA) is 53.1 Å². The average molecular weight is 254 g/mol. The zero-order valence-electron chi connectivity index (χ0n) is 10.6. The summed E-state index contributed by atoms with van der Waals surface area (Å²) in [5.74, 6) is 0.0463. The first kappa shape index (κ1) is 13.8. The lowest BCUT2D eigenvalue weighted by atomic mass is 10.1. The highest BCUT2D eigenvalue weighted by molar-refractivity contribution is 6.33. The molecule has 0 radical (unpaired) electrons. The van der Waals surface area contributed by atoms with Gasteiger partial charge in [-0.25, -0.2) is 0 Å². The molecule has 0 bridgehead atoms. The Kier molecular flexibility index (Phi) is 4.82. The molecular formula is C13H20ClN3. The van der Waals surface area contributed by atoms with Crippen LogP contribution in [0.2, 0.25) is 5.02 Å². The molecule has 0 aliphatic heterocycles. The minimum Gasteiger partial charge on any atom is -0.384 e. The van der Waals surface area contributed by atoms with Crippen molar-refractivity contribution >= 4 is 23.1 Å². The Hall–Kier alpha value is -1.22. The Bertz CT molecular complexity index is 404. The molecule has 17 heavy (non-hydrogen) atoms. The van der Waals surface area contributed by atoms with Gasteiger partial charge in [-0.2, -0.15) is 0 Å². The standard InChI is InChI=1S/C13H20ClN3/c1-4-9(3)17(5-2)12-7-6-10(13(15)16)8-11(12)14/h6-9H,4-5H2,1-3H3,(H3,15,16). The Balaban J connectivity index is 3.09. The van der Waals surface area contributed by atoms with Crippen molar-refractivity contribution in [1.29, 1.82) is 5.41 Å². The lowest BCUT2D eigenvalue weighted by molar-refractivity contribution is 0.630. The van der Waals surface area contributed by atoms with Crippen LogP contribution in [0.3, 0.4) is 0 Å². The van der Waals surface area contributed by atoms with Gasteiger partial charge in [-0.3, -0.25) is 5.41 Å². The molecule has 1 unspecified atom stereocenters. The molecule has 3 nitrogen and oxygen atoms in total. The van der Waals surface area contributed by atoms with Crippen molar-refractivity contribution in [3.63, 3.8) is 0 Å². The van der Waals surface area contributed by atoms with E-state index in [1.165, 1.54) is 0 Å². The van der Waals surface area contributed by atoms with Gasteiger partial charge in [0.1, 0.15) is 5.84 Å². The Morgan fingerprint density at radius 3 is 2.53 bits per heavy atom. The third kappa shape index (κ3) is 3.13. The maximum absolute atomic E-state index is 7.38. The maximum Gasteiger partial charge on any atom is 0.122 e. The number of nitrogen functional groups attached to an aromatic ring is 1. The number of rotatable bonds is 5. The molecule has 3 N–H and O–H groups in total. The second kappa shape index (κ2) is 5.92. The molecule has 0 saturated heterocycles.